The highest BCUT2D eigenvalue weighted by atomic mass is 35.5. The van der Waals surface area contributed by atoms with E-state index in [0.717, 1.165) is 12.5 Å². The van der Waals surface area contributed by atoms with Gasteiger partial charge in [-0.1, -0.05) is 29.3 Å². The van der Waals surface area contributed by atoms with Crippen molar-refractivity contribution in [3.8, 4) is 0 Å². The van der Waals surface area contributed by atoms with Crippen molar-refractivity contribution in [2.45, 2.75) is 31.2 Å². The summed E-state index contributed by atoms with van der Waals surface area (Å²) in [6.45, 7) is -0.332. The van der Waals surface area contributed by atoms with E-state index in [1.165, 1.54) is 22.9 Å². The van der Waals surface area contributed by atoms with Crippen molar-refractivity contribution < 1.29 is 43.7 Å². The first-order chi connectivity index (χ1) is 17.5. The molecule has 0 aliphatic carbocycles. The van der Waals surface area contributed by atoms with Gasteiger partial charge in [0.15, 0.2) is 5.82 Å². The molecule has 3 aromatic rings. The lowest BCUT2D eigenvalue weighted by Gasteiger charge is -2.20. The van der Waals surface area contributed by atoms with Crippen molar-refractivity contribution in [1.82, 2.24) is 9.55 Å². The first-order valence-corrected chi connectivity index (χ1v) is 13.2. The van der Waals surface area contributed by atoms with Gasteiger partial charge in [0.1, 0.15) is 0 Å². The van der Waals surface area contributed by atoms with Crippen molar-refractivity contribution in [2.75, 3.05) is 12.9 Å². The van der Waals surface area contributed by atoms with Crippen molar-refractivity contribution in [3.63, 3.8) is 0 Å². The lowest BCUT2D eigenvalue weighted by Crippen LogP contribution is -2.19. The number of rotatable bonds is 9. The highest BCUT2D eigenvalue weighted by molar-refractivity contribution is 7.85. The second-order valence-corrected chi connectivity index (χ2v) is 10.7. The Morgan fingerprint density at radius 3 is 2.13 bits per heavy atom. The van der Waals surface area contributed by atoms with Crippen LogP contribution in [0, 0.1) is 0 Å². The molecule has 1 atom stereocenters. The number of benzene rings is 2. The smallest absolute Gasteiger partial charge is 0.328 e. The molecule has 0 spiro atoms. The summed E-state index contributed by atoms with van der Waals surface area (Å²) >= 11 is 12.1. The number of ketones is 1. The Hall–Kier alpha value is -2.61. The van der Waals surface area contributed by atoms with E-state index >= 15 is 0 Å². The minimum Gasteiger partial charge on any atom is -0.328 e. The minimum absolute atomic E-state index is 0.0722. The molecule has 0 amide bonds. The summed E-state index contributed by atoms with van der Waals surface area (Å²) in [6, 6.07) is 5.17. The van der Waals surface area contributed by atoms with Crippen LogP contribution in [0.4, 0.5) is 26.3 Å². The Bertz CT molecular complexity index is 1410. The topological polar surface area (TPSA) is 78.3 Å². The molecule has 1 unspecified atom stereocenters. The van der Waals surface area contributed by atoms with Crippen LogP contribution in [0.1, 0.15) is 45.2 Å². The molecule has 38 heavy (non-hydrogen) atoms. The van der Waals surface area contributed by atoms with Crippen molar-refractivity contribution in [3.05, 3.63) is 86.9 Å². The molecular weight excluding hydrogens is 585 g/mol. The third-order valence-electron chi connectivity index (χ3n) is 5.36. The molecule has 0 bridgehead atoms. The van der Waals surface area contributed by atoms with Gasteiger partial charge in [0.25, 0.3) is 10.1 Å². The van der Waals surface area contributed by atoms with Gasteiger partial charge >= 0.3 is 12.4 Å². The SMILES string of the molecule is CS(=O)(=O)OCCC(Cn1ccnc1C(=O)c1cc(C(F)(F)F)cc(C(F)(F)F)c1)c1ccc(Cl)c(Cl)c1. The van der Waals surface area contributed by atoms with E-state index < -0.39 is 56.7 Å². The fraction of sp³-hybridized carbons (Fsp3) is 0.304. The summed E-state index contributed by atoms with van der Waals surface area (Å²) in [6.07, 6.45) is -6.86. The maximum Gasteiger partial charge on any atom is 0.416 e. The molecule has 3 rings (SSSR count). The predicted octanol–water partition coefficient (Wildman–Crippen LogP) is 6.61. The number of hydrogen-bond donors (Lipinski definition) is 0. The summed E-state index contributed by atoms with van der Waals surface area (Å²) in [5.74, 6) is -2.17. The number of alkyl halides is 6. The third kappa shape index (κ3) is 7.71. The van der Waals surface area contributed by atoms with Gasteiger partial charge in [-0.2, -0.15) is 34.8 Å². The van der Waals surface area contributed by atoms with Gasteiger partial charge < -0.3 is 4.57 Å². The first-order valence-electron chi connectivity index (χ1n) is 10.6. The van der Waals surface area contributed by atoms with Crippen molar-refractivity contribution in [2.24, 2.45) is 0 Å². The normalized spacial score (nSPS) is 13.5. The quantitative estimate of drug-likeness (QED) is 0.156. The Labute approximate surface area is 223 Å². The van der Waals surface area contributed by atoms with Gasteiger partial charge in [0.05, 0.1) is 34.0 Å². The van der Waals surface area contributed by atoms with Crippen molar-refractivity contribution >= 4 is 39.1 Å². The standard InChI is InChI=1S/C23H18Cl2F6N2O4S/c1-38(35,36)37-7-4-14(13-2-3-18(24)19(25)10-13)12-33-6-5-32-21(33)20(34)15-8-16(22(26,27)28)11-17(9-15)23(29,30)31/h2-3,5-6,8-11,14H,4,7,12H2,1H3. The van der Waals surface area contributed by atoms with Gasteiger partial charge in [-0.3, -0.25) is 8.98 Å². The van der Waals surface area contributed by atoms with Crippen LogP contribution >= 0.6 is 23.2 Å². The Balaban J connectivity index is 1.99. The number of aromatic nitrogens is 2. The highest BCUT2D eigenvalue weighted by Gasteiger charge is 2.38. The molecule has 1 heterocycles. The number of imidazole rings is 1. The second kappa shape index (κ2) is 11.2. The van der Waals surface area contributed by atoms with E-state index in [-0.39, 0.29) is 35.7 Å². The number of nitrogens with zero attached hydrogens (tertiary/aromatic N) is 2. The number of carbonyl (C=O) groups is 1. The molecular formula is C23H18Cl2F6N2O4S. The van der Waals surface area contributed by atoms with Gasteiger partial charge in [0, 0.05) is 30.4 Å². The molecule has 0 fully saturated rings. The van der Waals surface area contributed by atoms with E-state index in [1.807, 2.05) is 0 Å². The zero-order valence-corrected chi connectivity index (χ0v) is 21.6. The van der Waals surface area contributed by atoms with Crippen LogP contribution in [-0.4, -0.2) is 36.6 Å². The first kappa shape index (κ1) is 29.9. The summed E-state index contributed by atoms with van der Waals surface area (Å²) in [7, 11) is -3.77. The average Bonchev–Trinajstić information content (AvgIpc) is 3.25. The monoisotopic (exact) mass is 602 g/mol. The van der Waals surface area contributed by atoms with Gasteiger partial charge in [-0.25, -0.2) is 4.98 Å². The molecule has 0 N–H and O–H groups in total. The summed E-state index contributed by atoms with van der Waals surface area (Å²) in [5, 5.41) is 0.425. The lowest BCUT2D eigenvalue weighted by atomic mass is 9.95. The molecule has 0 saturated heterocycles. The van der Waals surface area contributed by atoms with Crippen LogP contribution < -0.4 is 0 Å². The van der Waals surface area contributed by atoms with Gasteiger partial charge in [-0.05, 0) is 42.3 Å². The van der Waals surface area contributed by atoms with E-state index in [4.69, 9.17) is 27.4 Å². The summed E-state index contributed by atoms with van der Waals surface area (Å²) in [5.41, 5.74) is -3.58. The number of hydrogen-bond acceptors (Lipinski definition) is 5. The fourth-order valence-electron chi connectivity index (χ4n) is 3.59. The minimum atomic E-state index is -5.13. The van der Waals surface area contributed by atoms with Crippen LogP contribution in [0.3, 0.4) is 0 Å². The average molecular weight is 603 g/mol. The molecule has 0 aliphatic heterocycles. The van der Waals surface area contributed by atoms with E-state index in [1.54, 1.807) is 6.07 Å². The lowest BCUT2D eigenvalue weighted by molar-refractivity contribution is -0.143. The fourth-order valence-corrected chi connectivity index (χ4v) is 4.30. The molecule has 6 nitrogen and oxygen atoms in total. The van der Waals surface area contributed by atoms with E-state index in [2.05, 4.69) is 4.98 Å². The van der Waals surface area contributed by atoms with E-state index in [9.17, 15) is 39.6 Å². The van der Waals surface area contributed by atoms with Gasteiger partial charge in [-0.15, -0.1) is 0 Å². The zero-order valence-electron chi connectivity index (χ0n) is 19.3. The Kier molecular flexibility index (Phi) is 8.86. The Morgan fingerprint density at radius 2 is 1.61 bits per heavy atom. The zero-order chi connectivity index (χ0) is 28.5. The third-order valence-corrected chi connectivity index (χ3v) is 6.70. The maximum atomic E-state index is 13.3. The molecule has 15 heteroatoms. The van der Waals surface area contributed by atoms with Crippen LogP contribution in [0.2, 0.25) is 10.0 Å². The largest absolute Gasteiger partial charge is 0.416 e. The molecule has 1 aromatic heterocycles. The van der Waals surface area contributed by atoms with Crippen LogP contribution in [0.5, 0.6) is 0 Å². The van der Waals surface area contributed by atoms with Crippen LogP contribution in [0.15, 0.2) is 48.8 Å². The molecule has 0 saturated carbocycles. The second-order valence-electron chi connectivity index (χ2n) is 8.21. The predicted molar refractivity (Wildman–Crippen MR) is 127 cm³/mol. The molecule has 0 radical (unpaired) electrons. The number of carbonyl (C=O) groups excluding carboxylic acids is 1. The highest BCUT2D eigenvalue weighted by Crippen LogP contribution is 2.37. The van der Waals surface area contributed by atoms with Crippen LogP contribution in [0.25, 0.3) is 0 Å². The summed E-state index contributed by atoms with van der Waals surface area (Å²) < 4.78 is 108. The summed E-state index contributed by atoms with van der Waals surface area (Å²) in [4.78, 5) is 16.9. The number of halogens is 8. The van der Waals surface area contributed by atoms with Crippen LogP contribution in [-0.2, 0) is 33.2 Å². The molecule has 2 aromatic carbocycles. The van der Waals surface area contributed by atoms with E-state index in [0.29, 0.717) is 17.7 Å². The molecule has 0 aliphatic rings. The Morgan fingerprint density at radius 1 is 1.00 bits per heavy atom. The molecule has 206 valence electrons. The van der Waals surface area contributed by atoms with Gasteiger partial charge in [0.2, 0.25) is 5.78 Å². The van der Waals surface area contributed by atoms with Crippen molar-refractivity contribution in [1.29, 1.82) is 0 Å². The maximum absolute atomic E-state index is 13.3.